The zero-order valence-electron chi connectivity index (χ0n) is 10.9. The van der Waals surface area contributed by atoms with Gasteiger partial charge in [-0.2, -0.15) is 13.2 Å². The van der Waals surface area contributed by atoms with Gasteiger partial charge in [0.2, 0.25) is 0 Å². The van der Waals surface area contributed by atoms with Crippen molar-refractivity contribution in [1.29, 1.82) is 0 Å². The van der Waals surface area contributed by atoms with Crippen molar-refractivity contribution >= 4 is 22.3 Å². The van der Waals surface area contributed by atoms with Gasteiger partial charge >= 0.3 is 6.18 Å². The van der Waals surface area contributed by atoms with Crippen LogP contribution in [0.25, 0.3) is 10.9 Å². The molecule has 0 saturated heterocycles. The Balaban J connectivity index is 2.14. The SMILES string of the molecule is FC(F)(F)c1nc2ccccc2cc1Nc1ccccc1. The number of nitrogens with zero attached hydrogens (tertiary/aromatic N) is 1. The van der Waals surface area contributed by atoms with Crippen molar-refractivity contribution in [3.63, 3.8) is 0 Å². The number of aromatic nitrogens is 1. The molecule has 1 heterocycles. The molecule has 0 bridgehead atoms. The molecule has 0 saturated carbocycles. The van der Waals surface area contributed by atoms with Crippen molar-refractivity contribution in [2.24, 2.45) is 0 Å². The molecule has 0 radical (unpaired) electrons. The molecule has 21 heavy (non-hydrogen) atoms. The summed E-state index contributed by atoms with van der Waals surface area (Å²) in [5.74, 6) is 0. The van der Waals surface area contributed by atoms with Gasteiger partial charge in [0, 0.05) is 11.1 Å². The smallest absolute Gasteiger partial charge is 0.354 e. The fourth-order valence-electron chi connectivity index (χ4n) is 2.10. The molecule has 0 fully saturated rings. The molecule has 3 aromatic rings. The van der Waals surface area contributed by atoms with Crippen LogP contribution in [0.15, 0.2) is 60.7 Å². The highest BCUT2D eigenvalue weighted by atomic mass is 19.4. The molecule has 0 aliphatic rings. The molecule has 0 unspecified atom stereocenters. The summed E-state index contributed by atoms with van der Waals surface area (Å²) in [7, 11) is 0. The second kappa shape index (κ2) is 5.09. The van der Waals surface area contributed by atoms with E-state index in [1.54, 1.807) is 54.6 Å². The van der Waals surface area contributed by atoms with Crippen LogP contribution in [-0.2, 0) is 6.18 Å². The number of rotatable bonds is 2. The Hall–Kier alpha value is -2.56. The quantitative estimate of drug-likeness (QED) is 0.718. The van der Waals surface area contributed by atoms with Crippen LogP contribution >= 0.6 is 0 Å². The van der Waals surface area contributed by atoms with E-state index < -0.39 is 11.9 Å². The molecule has 3 rings (SSSR count). The summed E-state index contributed by atoms with van der Waals surface area (Å²) in [6.45, 7) is 0. The third-order valence-corrected chi connectivity index (χ3v) is 3.05. The molecule has 1 N–H and O–H groups in total. The van der Waals surface area contributed by atoms with Gasteiger partial charge in [-0.1, -0.05) is 36.4 Å². The van der Waals surface area contributed by atoms with Crippen LogP contribution in [0.4, 0.5) is 24.5 Å². The van der Waals surface area contributed by atoms with Crippen molar-refractivity contribution in [1.82, 2.24) is 4.98 Å². The highest BCUT2D eigenvalue weighted by Crippen LogP contribution is 2.36. The molecule has 0 aliphatic heterocycles. The summed E-state index contributed by atoms with van der Waals surface area (Å²) in [6, 6.07) is 16.9. The molecule has 0 aliphatic carbocycles. The van der Waals surface area contributed by atoms with Crippen molar-refractivity contribution in [2.45, 2.75) is 6.18 Å². The first-order chi connectivity index (χ1) is 10.0. The lowest BCUT2D eigenvalue weighted by atomic mass is 10.1. The van der Waals surface area contributed by atoms with E-state index in [0.717, 1.165) is 0 Å². The Morgan fingerprint density at radius 1 is 0.857 bits per heavy atom. The number of alkyl halides is 3. The number of hydrogen-bond donors (Lipinski definition) is 1. The first-order valence-electron chi connectivity index (χ1n) is 6.33. The zero-order valence-corrected chi connectivity index (χ0v) is 10.9. The summed E-state index contributed by atoms with van der Waals surface area (Å²) in [5, 5.41) is 3.45. The molecule has 1 aromatic heterocycles. The first-order valence-corrected chi connectivity index (χ1v) is 6.33. The predicted molar refractivity (Wildman–Crippen MR) is 76.5 cm³/mol. The van der Waals surface area contributed by atoms with Gasteiger partial charge < -0.3 is 5.32 Å². The van der Waals surface area contributed by atoms with Gasteiger partial charge in [0.15, 0.2) is 5.69 Å². The van der Waals surface area contributed by atoms with Gasteiger partial charge in [0.25, 0.3) is 0 Å². The van der Waals surface area contributed by atoms with Gasteiger partial charge in [-0.3, -0.25) is 0 Å². The minimum atomic E-state index is -4.51. The maximum atomic E-state index is 13.2. The van der Waals surface area contributed by atoms with Crippen LogP contribution in [0.3, 0.4) is 0 Å². The van der Waals surface area contributed by atoms with Gasteiger partial charge in [-0.15, -0.1) is 0 Å². The summed E-state index contributed by atoms with van der Waals surface area (Å²) in [4.78, 5) is 3.76. The van der Waals surface area contributed by atoms with E-state index >= 15 is 0 Å². The van der Waals surface area contributed by atoms with Gasteiger partial charge in [-0.05, 0) is 24.3 Å². The molecular formula is C16H11F3N2. The third-order valence-electron chi connectivity index (χ3n) is 3.05. The normalized spacial score (nSPS) is 11.6. The number of halogens is 3. The van der Waals surface area contributed by atoms with E-state index in [1.807, 2.05) is 0 Å². The van der Waals surface area contributed by atoms with Crippen molar-refractivity contribution in [3.05, 3.63) is 66.4 Å². The Morgan fingerprint density at radius 2 is 1.52 bits per heavy atom. The molecule has 0 spiro atoms. The number of benzene rings is 2. The van der Waals surface area contributed by atoms with Gasteiger partial charge in [0.1, 0.15) is 0 Å². The maximum absolute atomic E-state index is 13.2. The van der Waals surface area contributed by atoms with Crippen LogP contribution < -0.4 is 5.32 Å². The lowest BCUT2D eigenvalue weighted by Crippen LogP contribution is -2.11. The van der Waals surface area contributed by atoms with Gasteiger partial charge in [-0.25, -0.2) is 4.98 Å². The van der Waals surface area contributed by atoms with E-state index in [2.05, 4.69) is 10.3 Å². The second-order valence-corrected chi connectivity index (χ2v) is 4.57. The standard InChI is InChI=1S/C16H11F3N2/c17-16(18,19)15-14(20-12-7-2-1-3-8-12)10-11-6-4-5-9-13(11)21-15/h1-10,20H. The van der Waals surface area contributed by atoms with Crippen molar-refractivity contribution in [2.75, 3.05) is 5.32 Å². The van der Waals surface area contributed by atoms with Crippen LogP contribution in [0.1, 0.15) is 5.69 Å². The van der Waals surface area contributed by atoms with Crippen LogP contribution in [0.5, 0.6) is 0 Å². The fourth-order valence-corrected chi connectivity index (χ4v) is 2.10. The van der Waals surface area contributed by atoms with E-state index in [9.17, 15) is 13.2 Å². The number of pyridine rings is 1. The van der Waals surface area contributed by atoms with Crippen LogP contribution in [0, 0.1) is 0 Å². The fraction of sp³-hybridized carbons (Fsp3) is 0.0625. The van der Waals surface area contributed by atoms with Crippen LogP contribution in [0.2, 0.25) is 0 Å². The van der Waals surface area contributed by atoms with E-state index in [4.69, 9.17) is 0 Å². The van der Waals surface area contributed by atoms with Crippen molar-refractivity contribution in [3.8, 4) is 0 Å². The highest BCUT2D eigenvalue weighted by Gasteiger charge is 2.36. The molecule has 0 amide bonds. The number of hydrogen-bond acceptors (Lipinski definition) is 2. The average Bonchev–Trinajstić information content (AvgIpc) is 2.46. The van der Waals surface area contributed by atoms with E-state index in [0.29, 0.717) is 16.6 Å². The molecule has 2 aromatic carbocycles. The van der Waals surface area contributed by atoms with E-state index in [1.165, 1.54) is 6.07 Å². The Labute approximate surface area is 119 Å². The first kappa shape index (κ1) is 13.4. The largest absolute Gasteiger partial charge is 0.435 e. The molecule has 0 atom stereocenters. The monoisotopic (exact) mass is 288 g/mol. The average molecular weight is 288 g/mol. The number of para-hydroxylation sites is 2. The molecule has 5 heteroatoms. The van der Waals surface area contributed by atoms with Crippen LogP contribution in [-0.4, -0.2) is 4.98 Å². The Kier molecular flexibility index (Phi) is 3.25. The zero-order chi connectivity index (χ0) is 14.9. The number of anilines is 2. The number of nitrogens with one attached hydrogen (secondary N) is 1. The minimum Gasteiger partial charge on any atom is -0.354 e. The lowest BCUT2D eigenvalue weighted by Gasteiger charge is -2.15. The predicted octanol–water partition coefficient (Wildman–Crippen LogP) is 5.00. The summed E-state index contributed by atoms with van der Waals surface area (Å²) in [6.07, 6.45) is -4.51. The summed E-state index contributed by atoms with van der Waals surface area (Å²) >= 11 is 0. The van der Waals surface area contributed by atoms with Gasteiger partial charge in [0.05, 0.1) is 11.2 Å². The second-order valence-electron chi connectivity index (χ2n) is 4.57. The third kappa shape index (κ3) is 2.81. The van der Waals surface area contributed by atoms with E-state index in [-0.39, 0.29) is 5.69 Å². The molecular weight excluding hydrogens is 277 g/mol. The topological polar surface area (TPSA) is 24.9 Å². The highest BCUT2D eigenvalue weighted by molar-refractivity contribution is 5.84. The molecule has 2 nitrogen and oxygen atoms in total. The summed E-state index contributed by atoms with van der Waals surface area (Å²) < 4.78 is 39.5. The Bertz CT molecular complexity index is 767. The Morgan fingerprint density at radius 3 is 2.24 bits per heavy atom. The lowest BCUT2D eigenvalue weighted by molar-refractivity contribution is -0.140. The molecule has 106 valence electrons. The summed E-state index contributed by atoms with van der Waals surface area (Å²) in [5.41, 5.74) is -0.0547. The number of fused-ring (bicyclic) bond motifs is 1. The maximum Gasteiger partial charge on any atom is 0.435 e. The van der Waals surface area contributed by atoms with Crippen molar-refractivity contribution < 1.29 is 13.2 Å². The minimum absolute atomic E-state index is 0.0487.